The van der Waals surface area contributed by atoms with Gasteiger partial charge in [-0.25, -0.2) is 0 Å². The van der Waals surface area contributed by atoms with Crippen molar-refractivity contribution in [3.8, 4) is 0 Å². The number of allylic oxidation sites excluding steroid dienone is 4. The van der Waals surface area contributed by atoms with Crippen LogP contribution in [-0.4, -0.2) is 6.36 Å². The van der Waals surface area contributed by atoms with Crippen LogP contribution < -0.4 is 0 Å². The minimum Gasteiger partial charge on any atom is -0.405 e. The lowest BCUT2D eigenvalue weighted by molar-refractivity contribution is -0.303. The molecular weight excluding hydrogens is 331 g/mol. The van der Waals surface area contributed by atoms with Crippen molar-refractivity contribution in [2.45, 2.75) is 13.3 Å². The van der Waals surface area contributed by atoms with Crippen LogP contribution in [0.1, 0.15) is 6.92 Å². The van der Waals surface area contributed by atoms with Gasteiger partial charge in [-0.1, -0.05) is 24.3 Å². The van der Waals surface area contributed by atoms with Gasteiger partial charge in [0.05, 0.1) is 8.61 Å². The molecule has 0 unspecified atom stereocenters. The maximum absolute atomic E-state index is 11.9. The smallest absolute Gasteiger partial charge is 0.405 e. The monoisotopic (exact) mass is 338 g/mol. The van der Waals surface area contributed by atoms with Crippen molar-refractivity contribution in [2.75, 3.05) is 0 Å². The van der Waals surface area contributed by atoms with Gasteiger partial charge in [-0.15, -0.1) is 13.2 Å². The summed E-state index contributed by atoms with van der Waals surface area (Å²) in [5.74, 6) is -0.361. The lowest BCUT2D eigenvalue weighted by Crippen LogP contribution is -2.12. The van der Waals surface area contributed by atoms with Crippen LogP contribution in [0.25, 0.3) is 0 Å². The minimum absolute atomic E-state index is 0.00273. The highest BCUT2D eigenvalue weighted by Crippen LogP contribution is 2.30. The SMILES string of the molecule is C=C(Cl)/C(I)=C(\C=C/C)OC(F)(F)F. The number of hydrogen-bond acceptors (Lipinski definition) is 1. The predicted molar refractivity (Wildman–Crippen MR) is 58.0 cm³/mol. The summed E-state index contributed by atoms with van der Waals surface area (Å²) in [4.78, 5) is 0. The molecule has 0 heterocycles. The fraction of sp³-hybridized carbons (Fsp3) is 0.250. The fourth-order valence-corrected chi connectivity index (χ4v) is 0.945. The molecule has 0 radical (unpaired) electrons. The van der Waals surface area contributed by atoms with E-state index in [2.05, 4.69) is 11.3 Å². The fourth-order valence-electron chi connectivity index (χ4n) is 0.562. The molecule has 0 bridgehead atoms. The van der Waals surface area contributed by atoms with E-state index in [1.54, 1.807) is 29.5 Å². The molecule has 0 amide bonds. The molecule has 0 aromatic rings. The van der Waals surface area contributed by atoms with E-state index in [1.165, 1.54) is 12.2 Å². The lowest BCUT2D eigenvalue weighted by Gasteiger charge is -2.11. The van der Waals surface area contributed by atoms with E-state index >= 15 is 0 Å². The van der Waals surface area contributed by atoms with Gasteiger partial charge < -0.3 is 4.74 Å². The number of alkyl halides is 3. The van der Waals surface area contributed by atoms with Crippen molar-refractivity contribution in [3.05, 3.63) is 33.1 Å². The summed E-state index contributed by atoms with van der Waals surface area (Å²) in [6.07, 6.45) is -2.14. The Hall–Kier alpha value is -0.170. The molecule has 6 heteroatoms. The molecule has 0 N–H and O–H groups in total. The first-order chi connectivity index (χ1) is 6.28. The number of rotatable bonds is 3. The second-order valence-electron chi connectivity index (χ2n) is 2.13. The van der Waals surface area contributed by atoms with Crippen molar-refractivity contribution >= 4 is 34.2 Å². The average molecular weight is 338 g/mol. The molecule has 0 saturated heterocycles. The molecule has 0 atom stereocenters. The summed E-state index contributed by atoms with van der Waals surface area (Å²) in [6, 6.07) is 0. The molecule has 0 aliphatic carbocycles. The topological polar surface area (TPSA) is 9.23 Å². The number of ether oxygens (including phenoxy) is 1. The maximum atomic E-state index is 11.9. The van der Waals surface area contributed by atoms with Gasteiger partial charge in [0.1, 0.15) is 5.76 Å². The summed E-state index contributed by atoms with van der Waals surface area (Å²) >= 11 is 7.08. The quantitative estimate of drug-likeness (QED) is 0.418. The molecule has 0 fully saturated rings. The van der Waals surface area contributed by atoms with Crippen LogP contribution in [-0.2, 0) is 4.74 Å². The van der Waals surface area contributed by atoms with E-state index in [-0.39, 0.29) is 14.4 Å². The molecule has 0 spiro atoms. The van der Waals surface area contributed by atoms with E-state index in [1.807, 2.05) is 0 Å². The van der Waals surface area contributed by atoms with Gasteiger partial charge in [0.25, 0.3) is 0 Å². The summed E-state index contributed by atoms with van der Waals surface area (Å²) in [6.45, 7) is 4.88. The van der Waals surface area contributed by atoms with Gasteiger partial charge >= 0.3 is 6.36 Å². The van der Waals surface area contributed by atoms with E-state index in [9.17, 15) is 13.2 Å². The third-order valence-electron chi connectivity index (χ3n) is 0.998. The van der Waals surface area contributed by atoms with Crippen molar-refractivity contribution in [2.24, 2.45) is 0 Å². The van der Waals surface area contributed by atoms with Crippen molar-refractivity contribution in [1.29, 1.82) is 0 Å². The molecule has 80 valence electrons. The van der Waals surface area contributed by atoms with Gasteiger partial charge in [0.15, 0.2) is 0 Å². The van der Waals surface area contributed by atoms with E-state index in [0.29, 0.717) is 0 Å². The van der Waals surface area contributed by atoms with Crippen LogP contribution in [0.15, 0.2) is 33.1 Å². The number of hydrogen-bond donors (Lipinski definition) is 0. The Morgan fingerprint density at radius 2 is 2.00 bits per heavy atom. The summed E-state index contributed by atoms with van der Waals surface area (Å²) in [5.41, 5.74) is 0. The Bertz CT molecular complexity index is 281. The third-order valence-corrected chi connectivity index (χ3v) is 2.69. The molecule has 0 aliphatic heterocycles. The second-order valence-corrected chi connectivity index (χ2v) is 3.67. The van der Waals surface area contributed by atoms with Gasteiger partial charge in [0, 0.05) is 0 Å². The average Bonchev–Trinajstić information content (AvgIpc) is 1.99. The second kappa shape index (κ2) is 5.65. The van der Waals surface area contributed by atoms with Crippen LogP contribution in [0.5, 0.6) is 0 Å². The van der Waals surface area contributed by atoms with Crippen molar-refractivity contribution in [3.63, 3.8) is 0 Å². The van der Waals surface area contributed by atoms with Crippen molar-refractivity contribution < 1.29 is 17.9 Å². The Kier molecular flexibility index (Phi) is 5.58. The summed E-state index contributed by atoms with van der Waals surface area (Å²) in [7, 11) is 0. The highest BCUT2D eigenvalue weighted by atomic mass is 127. The predicted octanol–water partition coefficient (Wildman–Crippen LogP) is 4.50. The first kappa shape index (κ1) is 13.8. The summed E-state index contributed by atoms with van der Waals surface area (Å²) in [5, 5.41) is 0.00273. The standard InChI is InChI=1S/C8H7ClF3IO/c1-3-4-6(7(13)5(2)9)14-8(10,11)12/h3-4H,2H2,1H3/b4-3-,7-6-. The third kappa shape index (κ3) is 5.54. The molecule has 14 heavy (non-hydrogen) atoms. The van der Waals surface area contributed by atoms with Crippen LogP contribution in [0.3, 0.4) is 0 Å². The first-order valence-electron chi connectivity index (χ1n) is 3.41. The molecular formula is C8H7ClF3IO. The molecule has 0 aromatic carbocycles. The maximum Gasteiger partial charge on any atom is 0.573 e. The Morgan fingerprint density at radius 3 is 2.29 bits per heavy atom. The van der Waals surface area contributed by atoms with E-state index in [4.69, 9.17) is 11.6 Å². The normalized spacial score (nSPS) is 14.1. The van der Waals surface area contributed by atoms with Crippen LogP contribution in [0.2, 0.25) is 0 Å². The van der Waals surface area contributed by atoms with Crippen molar-refractivity contribution in [1.82, 2.24) is 0 Å². The molecule has 0 saturated carbocycles. The van der Waals surface area contributed by atoms with Gasteiger partial charge in [-0.05, 0) is 35.6 Å². The Labute approximate surface area is 98.4 Å². The largest absolute Gasteiger partial charge is 0.573 e. The van der Waals surface area contributed by atoms with E-state index in [0.717, 1.165) is 0 Å². The first-order valence-corrected chi connectivity index (χ1v) is 4.86. The zero-order valence-corrected chi connectivity index (χ0v) is 10.1. The minimum atomic E-state index is -4.72. The summed E-state index contributed by atoms with van der Waals surface area (Å²) < 4.78 is 39.5. The highest BCUT2D eigenvalue weighted by Gasteiger charge is 2.32. The number of halogens is 5. The molecule has 0 aliphatic rings. The van der Waals surface area contributed by atoms with Crippen LogP contribution >= 0.6 is 34.2 Å². The van der Waals surface area contributed by atoms with Gasteiger partial charge in [-0.2, -0.15) is 0 Å². The zero-order chi connectivity index (χ0) is 11.4. The molecule has 1 nitrogen and oxygen atoms in total. The Balaban J connectivity index is 4.96. The van der Waals surface area contributed by atoms with Crippen LogP contribution in [0.4, 0.5) is 13.2 Å². The Morgan fingerprint density at radius 1 is 1.50 bits per heavy atom. The highest BCUT2D eigenvalue weighted by molar-refractivity contribution is 14.1. The van der Waals surface area contributed by atoms with Gasteiger partial charge in [0.2, 0.25) is 0 Å². The molecule has 0 rings (SSSR count). The zero-order valence-electron chi connectivity index (χ0n) is 7.16. The van der Waals surface area contributed by atoms with Crippen LogP contribution in [0, 0.1) is 0 Å². The molecule has 0 aromatic heterocycles. The van der Waals surface area contributed by atoms with Gasteiger partial charge in [-0.3, -0.25) is 0 Å². The van der Waals surface area contributed by atoms with E-state index < -0.39 is 6.36 Å². The lowest BCUT2D eigenvalue weighted by atomic mass is 10.4.